The second kappa shape index (κ2) is 4.50. The molecule has 0 fully saturated rings. The summed E-state index contributed by atoms with van der Waals surface area (Å²) >= 11 is 0.604. The molecule has 0 atom stereocenters. The summed E-state index contributed by atoms with van der Waals surface area (Å²) in [4.78, 5) is 10.6. The van der Waals surface area contributed by atoms with Crippen LogP contribution in [0.1, 0.15) is 5.56 Å². The zero-order valence-corrected chi connectivity index (χ0v) is 8.45. The fraction of sp³-hybridized carbons (Fsp3) is 0. The number of rotatable bonds is 2. The van der Waals surface area contributed by atoms with Gasteiger partial charge in [0.2, 0.25) is 0 Å². The van der Waals surface area contributed by atoms with Crippen molar-refractivity contribution in [2.24, 2.45) is 0 Å². The van der Waals surface area contributed by atoms with Crippen molar-refractivity contribution in [3.8, 4) is 0 Å². The van der Waals surface area contributed by atoms with Crippen molar-refractivity contribution in [2.45, 2.75) is 0 Å². The molecule has 0 radical (unpaired) electrons. The first-order chi connectivity index (χ1) is 5.29. The van der Waals surface area contributed by atoms with Crippen molar-refractivity contribution >= 4 is 37.0 Å². The van der Waals surface area contributed by atoms with Gasteiger partial charge in [-0.1, -0.05) is 0 Å². The molecule has 0 aliphatic carbocycles. The Morgan fingerprint density at radius 3 is 2.45 bits per heavy atom. The number of carbonyl (C=O) groups excluding carboxylic acids is 1. The summed E-state index contributed by atoms with van der Waals surface area (Å²) < 4.78 is 0.217. The molecule has 0 saturated carbocycles. The summed E-state index contributed by atoms with van der Waals surface area (Å²) in [5, 5.41) is 0. The fourth-order valence-electron chi connectivity index (χ4n) is 0.778. The van der Waals surface area contributed by atoms with Crippen LogP contribution in [0.5, 0.6) is 0 Å². The Bertz CT molecular complexity index is 264. The predicted octanol–water partition coefficient (Wildman–Crippen LogP) is 1.39. The van der Waals surface area contributed by atoms with Crippen LogP contribution in [0.15, 0.2) is 36.4 Å². The van der Waals surface area contributed by atoms with Crippen molar-refractivity contribution in [1.82, 2.24) is 0 Å². The minimum absolute atomic E-state index is 0.217. The topological polar surface area (TPSA) is 17.1 Å². The first-order valence-corrected chi connectivity index (χ1v) is 4.53. The molecule has 0 aromatic heterocycles. The van der Waals surface area contributed by atoms with Crippen molar-refractivity contribution in [3.05, 3.63) is 42.0 Å². The monoisotopic (exact) mass is 154 g/mol. The summed E-state index contributed by atoms with van der Waals surface area (Å²) in [5.74, 6) is 0. The molecule has 0 bridgehead atoms. The summed E-state index contributed by atoms with van der Waals surface area (Å²) in [5.41, 5.74) is 1.08. The third-order valence-electron chi connectivity index (χ3n) is 1.31. The van der Waals surface area contributed by atoms with Gasteiger partial charge in [-0.05, 0) is 0 Å². The van der Waals surface area contributed by atoms with Gasteiger partial charge in [0.05, 0.1) is 0 Å². The second-order valence-electron chi connectivity index (χ2n) is 2.35. The Hall–Kier alpha value is -0.370. The zero-order valence-electron chi connectivity index (χ0n) is 6.45. The van der Waals surface area contributed by atoms with Gasteiger partial charge in [0.1, 0.15) is 0 Å². The molecular weight excluding hydrogens is 147 g/mol. The van der Waals surface area contributed by atoms with E-state index in [0.29, 0.717) is 27.9 Å². The van der Waals surface area contributed by atoms with Crippen LogP contribution in [-0.4, -0.2) is 31.0 Å². The molecule has 50 valence electrons. The summed E-state index contributed by atoms with van der Waals surface area (Å²) in [6, 6.07) is 9.82. The van der Waals surface area contributed by atoms with Gasteiger partial charge in [-0.3, -0.25) is 0 Å². The van der Waals surface area contributed by atoms with Crippen LogP contribution >= 0.6 is 0 Å². The van der Waals surface area contributed by atoms with E-state index in [1.165, 1.54) is 0 Å². The van der Waals surface area contributed by atoms with E-state index in [-0.39, 0.29) is 3.03 Å². The van der Waals surface area contributed by atoms with Gasteiger partial charge in [0.15, 0.2) is 0 Å². The van der Waals surface area contributed by atoms with Crippen LogP contribution in [0.4, 0.5) is 0 Å². The Morgan fingerprint density at radius 1 is 1.27 bits per heavy atom. The molecule has 0 N–H and O–H groups in total. The standard InChI is InChI=1S/C9H7O.Na/c10-8-4-7-9-5-2-1-3-6-9;/h1-7H;. The van der Waals surface area contributed by atoms with E-state index in [0.717, 1.165) is 5.56 Å². The molecule has 0 heterocycles. The Morgan fingerprint density at radius 2 is 1.91 bits per heavy atom. The van der Waals surface area contributed by atoms with Crippen LogP contribution in [0, 0.1) is 0 Å². The van der Waals surface area contributed by atoms with E-state index in [2.05, 4.69) is 0 Å². The molecule has 0 spiro atoms. The maximum absolute atomic E-state index is 10.6. The van der Waals surface area contributed by atoms with E-state index in [9.17, 15) is 4.79 Å². The van der Waals surface area contributed by atoms with Gasteiger partial charge >= 0.3 is 83.8 Å². The average molecular weight is 154 g/mol. The molecule has 0 unspecified atom stereocenters. The third kappa shape index (κ3) is 3.51. The molecule has 1 aromatic rings. The van der Waals surface area contributed by atoms with Crippen molar-refractivity contribution < 1.29 is 4.79 Å². The Balaban J connectivity index is 2.72. The van der Waals surface area contributed by atoms with Gasteiger partial charge in [0, 0.05) is 0 Å². The molecule has 0 amide bonds. The van der Waals surface area contributed by atoms with Crippen LogP contribution in [0.2, 0.25) is 0 Å². The average Bonchev–Trinajstić information content (AvgIpc) is 2.03. The number of hydrogen-bond donors (Lipinski definition) is 0. The Kier molecular flexibility index (Phi) is 3.57. The van der Waals surface area contributed by atoms with Crippen molar-refractivity contribution in [3.63, 3.8) is 0 Å². The van der Waals surface area contributed by atoms with Gasteiger partial charge < -0.3 is 0 Å². The molecule has 11 heavy (non-hydrogen) atoms. The summed E-state index contributed by atoms with van der Waals surface area (Å²) in [6.07, 6.45) is 3.47. The normalized spacial score (nSPS) is 10.4. The number of hydrogen-bond acceptors (Lipinski definition) is 1. The van der Waals surface area contributed by atoms with Crippen LogP contribution in [-0.2, 0) is 4.79 Å². The summed E-state index contributed by atoms with van der Waals surface area (Å²) in [7, 11) is 0. The molecule has 0 aliphatic heterocycles. The van der Waals surface area contributed by atoms with E-state index in [1.54, 1.807) is 6.08 Å². The zero-order chi connectivity index (χ0) is 8.10. The molecule has 0 saturated heterocycles. The molecule has 0 aliphatic rings. The first kappa shape index (κ1) is 8.72. The quantitative estimate of drug-likeness (QED) is 0.464. The maximum atomic E-state index is 10.6. The van der Waals surface area contributed by atoms with Gasteiger partial charge in [0.25, 0.3) is 0 Å². The molecule has 1 aromatic carbocycles. The van der Waals surface area contributed by atoms with E-state index in [1.807, 2.05) is 36.4 Å². The van der Waals surface area contributed by atoms with E-state index in [4.69, 9.17) is 0 Å². The molecular formula is C9H7NaO. The van der Waals surface area contributed by atoms with Crippen molar-refractivity contribution in [1.29, 1.82) is 0 Å². The van der Waals surface area contributed by atoms with Crippen LogP contribution < -0.4 is 0 Å². The van der Waals surface area contributed by atoms with E-state index < -0.39 is 0 Å². The SMILES string of the molecule is O=[C]([Na])C=Cc1ccccc1. The van der Waals surface area contributed by atoms with Crippen LogP contribution in [0.3, 0.4) is 0 Å². The van der Waals surface area contributed by atoms with Crippen LogP contribution in [0.25, 0.3) is 6.08 Å². The molecule has 2 heteroatoms. The van der Waals surface area contributed by atoms with Gasteiger partial charge in [-0.2, -0.15) is 0 Å². The number of carbonyl (C=O) groups is 1. The molecule has 1 rings (SSSR count). The van der Waals surface area contributed by atoms with Gasteiger partial charge in [-0.15, -0.1) is 0 Å². The minimum atomic E-state index is 0.217. The third-order valence-corrected chi connectivity index (χ3v) is 1.64. The second-order valence-corrected chi connectivity index (χ2v) is 3.34. The number of allylic oxidation sites excluding steroid dienone is 1. The molecule has 1 nitrogen and oxygen atoms in total. The van der Waals surface area contributed by atoms with Crippen molar-refractivity contribution in [2.75, 3.05) is 0 Å². The Labute approximate surface area is 83.5 Å². The van der Waals surface area contributed by atoms with E-state index >= 15 is 0 Å². The van der Waals surface area contributed by atoms with Gasteiger partial charge in [-0.25, -0.2) is 0 Å². The predicted molar refractivity (Wildman–Crippen MR) is 46.2 cm³/mol. The number of benzene rings is 1. The fourth-order valence-corrected chi connectivity index (χ4v) is 0.944. The summed E-state index contributed by atoms with van der Waals surface area (Å²) in [6.45, 7) is 0. The first-order valence-electron chi connectivity index (χ1n) is 3.53.